The fourth-order valence-electron chi connectivity index (χ4n) is 0.914. The van der Waals surface area contributed by atoms with Crippen LogP contribution in [0.2, 0.25) is 0 Å². The van der Waals surface area contributed by atoms with Crippen LogP contribution in [0.15, 0.2) is 22.7 Å². The summed E-state index contributed by atoms with van der Waals surface area (Å²) in [5.74, 6) is -0.840. The maximum atomic E-state index is 12.7. The fourth-order valence-corrected chi connectivity index (χ4v) is 1.43. The van der Waals surface area contributed by atoms with E-state index in [4.69, 9.17) is 5.73 Å². The van der Waals surface area contributed by atoms with Crippen LogP contribution in [0.5, 0.6) is 0 Å². The highest BCUT2D eigenvalue weighted by atomic mass is 79.9. The van der Waals surface area contributed by atoms with Gasteiger partial charge in [-0.25, -0.2) is 4.39 Å². The van der Waals surface area contributed by atoms with Crippen LogP contribution < -0.4 is 5.73 Å². The van der Waals surface area contributed by atoms with E-state index in [1.165, 1.54) is 12.1 Å². The number of primary amides is 1. The van der Waals surface area contributed by atoms with Crippen LogP contribution in [0.3, 0.4) is 0 Å². The molecule has 0 heterocycles. The number of amides is 1. The number of carbonyl (C=O) groups is 1. The second kappa shape index (κ2) is 3.67. The molecule has 0 atom stereocenters. The predicted molar refractivity (Wildman–Crippen MR) is 47.0 cm³/mol. The van der Waals surface area contributed by atoms with E-state index in [-0.39, 0.29) is 12.2 Å². The molecular weight excluding hydrogens is 225 g/mol. The van der Waals surface area contributed by atoms with Crippen molar-refractivity contribution >= 4 is 21.8 Å². The van der Waals surface area contributed by atoms with Crippen LogP contribution in [0.1, 0.15) is 5.56 Å². The summed E-state index contributed by atoms with van der Waals surface area (Å²) >= 11 is 3.11. The van der Waals surface area contributed by atoms with E-state index >= 15 is 0 Å². The first-order valence-corrected chi connectivity index (χ1v) is 4.10. The Morgan fingerprint density at radius 2 is 2.17 bits per heavy atom. The Hall–Kier alpha value is -0.900. The quantitative estimate of drug-likeness (QED) is 0.827. The number of hydrogen-bond acceptors (Lipinski definition) is 1. The maximum absolute atomic E-state index is 12.7. The molecule has 0 radical (unpaired) electrons. The van der Waals surface area contributed by atoms with Crippen molar-refractivity contribution in [3.8, 4) is 0 Å². The summed E-state index contributed by atoms with van der Waals surface area (Å²) in [5.41, 5.74) is 5.53. The largest absolute Gasteiger partial charge is 0.369 e. The normalized spacial score (nSPS) is 9.83. The highest BCUT2D eigenvalue weighted by Crippen LogP contribution is 2.14. The molecule has 64 valence electrons. The van der Waals surface area contributed by atoms with Crippen molar-refractivity contribution in [2.75, 3.05) is 0 Å². The molecule has 0 unspecified atom stereocenters. The van der Waals surface area contributed by atoms with Crippen LogP contribution in [-0.4, -0.2) is 5.91 Å². The molecule has 4 heteroatoms. The van der Waals surface area contributed by atoms with Gasteiger partial charge in [0.2, 0.25) is 5.91 Å². The van der Waals surface area contributed by atoms with E-state index in [0.29, 0.717) is 10.0 Å². The molecule has 0 saturated carbocycles. The van der Waals surface area contributed by atoms with Crippen LogP contribution in [0.25, 0.3) is 0 Å². The lowest BCUT2D eigenvalue weighted by Crippen LogP contribution is -2.13. The Morgan fingerprint density at radius 3 is 2.67 bits per heavy atom. The Balaban J connectivity index is 2.93. The third-order valence-electron chi connectivity index (χ3n) is 1.30. The van der Waals surface area contributed by atoms with Gasteiger partial charge in [0.25, 0.3) is 0 Å². The zero-order chi connectivity index (χ0) is 9.14. The summed E-state index contributed by atoms with van der Waals surface area (Å²) in [6.45, 7) is 0. The lowest BCUT2D eigenvalue weighted by Gasteiger charge is -1.98. The minimum absolute atomic E-state index is 0.0658. The summed E-state index contributed by atoms with van der Waals surface area (Å²) in [6.07, 6.45) is 0.0658. The number of carbonyl (C=O) groups excluding carboxylic acids is 1. The number of hydrogen-bond donors (Lipinski definition) is 1. The third kappa shape index (κ3) is 2.62. The lowest BCUT2D eigenvalue weighted by atomic mass is 10.1. The predicted octanol–water partition coefficient (Wildman–Crippen LogP) is 1.62. The number of benzene rings is 1. The molecule has 0 aromatic heterocycles. The van der Waals surface area contributed by atoms with Crippen molar-refractivity contribution in [3.63, 3.8) is 0 Å². The number of nitrogens with two attached hydrogens (primary N) is 1. The number of rotatable bonds is 2. The molecule has 1 aromatic carbocycles. The highest BCUT2D eigenvalue weighted by Gasteiger charge is 2.01. The molecule has 0 aliphatic carbocycles. The van der Waals surface area contributed by atoms with E-state index in [1.807, 2.05) is 0 Å². The van der Waals surface area contributed by atoms with E-state index in [9.17, 15) is 9.18 Å². The Labute approximate surface area is 77.7 Å². The van der Waals surface area contributed by atoms with Gasteiger partial charge in [-0.2, -0.15) is 0 Å². The van der Waals surface area contributed by atoms with Gasteiger partial charge in [0.1, 0.15) is 5.82 Å². The second-order valence-electron chi connectivity index (χ2n) is 2.42. The van der Waals surface area contributed by atoms with Crippen molar-refractivity contribution in [2.24, 2.45) is 5.73 Å². The minimum atomic E-state index is -0.465. The van der Waals surface area contributed by atoms with Gasteiger partial charge in [-0.3, -0.25) is 4.79 Å². The van der Waals surface area contributed by atoms with E-state index in [2.05, 4.69) is 15.9 Å². The molecule has 2 N–H and O–H groups in total. The van der Waals surface area contributed by atoms with Gasteiger partial charge >= 0.3 is 0 Å². The first kappa shape index (κ1) is 9.19. The molecule has 0 aliphatic rings. The topological polar surface area (TPSA) is 43.1 Å². The highest BCUT2D eigenvalue weighted by molar-refractivity contribution is 9.10. The van der Waals surface area contributed by atoms with E-state index in [1.54, 1.807) is 6.07 Å². The molecule has 0 saturated heterocycles. The molecule has 0 spiro atoms. The molecule has 12 heavy (non-hydrogen) atoms. The Morgan fingerprint density at radius 1 is 1.50 bits per heavy atom. The molecule has 1 rings (SSSR count). The summed E-state index contributed by atoms with van der Waals surface area (Å²) in [7, 11) is 0. The third-order valence-corrected chi connectivity index (χ3v) is 1.76. The van der Waals surface area contributed by atoms with Crippen molar-refractivity contribution in [3.05, 3.63) is 34.1 Å². The minimum Gasteiger partial charge on any atom is -0.369 e. The smallest absolute Gasteiger partial charge is 0.221 e. The molecular formula is C8H7BrFNO. The van der Waals surface area contributed by atoms with Gasteiger partial charge in [-0.1, -0.05) is 15.9 Å². The zero-order valence-electron chi connectivity index (χ0n) is 6.18. The van der Waals surface area contributed by atoms with Gasteiger partial charge in [0.05, 0.1) is 6.42 Å². The second-order valence-corrected chi connectivity index (χ2v) is 3.34. The summed E-state index contributed by atoms with van der Waals surface area (Å²) in [5, 5.41) is 0. The zero-order valence-corrected chi connectivity index (χ0v) is 7.77. The van der Waals surface area contributed by atoms with Gasteiger partial charge in [0.15, 0.2) is 0 Å². The van der Waals surface area contributed by atoms with Gasteiger partial charge in [-0.05, 0) is 23.8 Å². The maximum Gasteiger partial charge on any atom is 0.221 e. The van der Waals surface area contributed by atoms with Crippen LogP contribution >= 0.6 is 15.9 Å². The van der Waals surface area contributed by atoms with E-state index in [0.717, 1.165) is 0 Å². The average Bonchev–Trinajstić information content (AvgIpc) is 1.81. The summed E-state index contributed by atoms with van der Waals surface area (Å²) in [4.78, 5) is 10.5. The van der Waals surface area contributed by atoms with Crippen LogP contribution in [0.4, 0.5) is 4.39 Å². The molecule has 0 fully saturated rings. The Kier molecular flexibility index (Phi) is 2.81. The van der Waals surface area contributed by atoms with Crippen molar-refractivity contribution in [2.45, 2.75) is 6.42 Å². The summed E-state index contributed by atoms with van der Waals surface area (Å²) < 4.78 is 13.3. The van der Waals surface area contributed by atoms with Gasteiger partial charge in [-0.15, -0.1) is 0 Å². The molecule has 0 bridgehead atoms. The monoisotopic (exact) mass is 231 g/mol. The fraction of sp³-hybridized carbons (Fsp3) is 0.125. The van der Waals surface area contributed by atoms with Gasteiger partial charge < -0.3 is 5.73 Å². The van der Waals surface area contributed by atoms with E-state index < -0.39 is 5.91 Å². The molecule has 0 aliphatic heterocycles. The van der Waals surface area contributed by atoms with Crippen LogP contribution in [-0.2, 0) is 11.2 Å². The first-order valence-electron chi connectivity index (χ1n) is 3.31. The number of halogens is 2. The lowest BCUT2D eigenvalue weighted by molar-refractivity contribution is -0.117. The summed E-state index contributed by atoms with van der Waals surface area (Å²) in [6, 6.07) is 4.27. The molecule has 2 nitrogen and oxygen atoms in total. The van der Waals surface area contributed by atoms with Crippen molar-refractivity contribution in [1.29, 1.82) is 0 Å². The standard InChI is InChI=1S/C8H7BrFNO/c9-6-1-5(3-8(11)12)2-7(10)4-6/h1-2,4H,3H2,(H2,11,12). The Bertz CT molecular complexity index is 294. The first-order chi connectivity index (χ1) is 5.58. The van der Waals surface area contributed by atoms with Crippen molar-refractivity contribution < 1.29 is 9.18 Å². The van der Waals surface area contributed by atoms with Crippen LogP contribution in [0, 0.1) is 5.82 Å². The van der Waals surface area contributed by atoms with Crippen molar-refractivity contribution in [1.82, 2.24) is 0 Å². The average molecular weight is 232 g/mol. The molecule has 1 aromatic rings. The van der Waals surface area contributed by atoms with Gasteiger partial charge in [0, 0.05) is 4.47 Å². The molecule has 1 amide bonds. The SMILES string of the molecule is NC(=O)Cc1cc(F)cc(Br)c1.